The highest BCUT2D eigenvalue weighted by molar-refractivity contribution is 5.89. The van der Waals surface area contributed by atoms with E-state index in [1.54, 1.807) is 10.8 Å². The Kier molecular flexibility index (Phi) is 2.91. The van der Waals surface area contributed by atoms with E-state index >= 15 is 0 Å². The number of rotatable bonds is 2. The molecule has 0 saturated heterocycles. The van der Waals surface area contributed by atoms with Crippen LogP contribution in [0.2, 0.25) is 0 Å². The summed E-state index contributed by atoms with van der Waals surface area (Å²) >= 11 is 0. The van der Waals surface area contributed by atoms with Crippen molar-refractivity contribution in [1.29, 1.82) is 0 Å². The fourth-order valence-electron chi connectivity index (χ4n) is 2.22. The molecule has 2 aromatic heterocycles. The Balaban J connectivity index is 0.00000108. The van der Waals surface area contributed by atoms with Gasteiger partial charge in [-0.15, -0.1) is 12.4 Å². The van der Waals surface area contributed by atoms with Crippen LogP contribution in [0.1, 0.15) is 12.8 Å². The molecule has 3 rings (SSSR count). The lowest BCUT2D eigenvalue weighted by Gasteiger charge is -2.08. The van der Waals surface area contributed by atoms with E-state index in [2.05, 4.69) is 0 Å². The van der Waals surface area contributed by atoms with Gasteiger partial charge in [0.2, 0.25) is 0 Å². The Hall–Kier alpha value is -1.42. The molecular weight excluding hydrogens is 238 g/mol. The highest BCUT2D eigenvalue weighted by Crippen LogP contribution is 2.30. The molecule has 4 nitrogen and oxygen atoms in total. The first-order valence-electron chi connectivity index (χ1n) is 5.61. The summed E-state index contributed by atoms with van der Waals surface area (Å²) in [6.07, 6.45) is 6.13. The maximum Gasteiger partial charge on any atom is 0.260 e. The summed E-state index contributed by atoms with van der Waals surface area (Å²) in [6, 6.07) is 1.84. The smallest absolute Gasteiger partial charge is 0.260 e. The summed E-state index contributed by atoms with van der Waals surface area (Å²) in [5, 5.41) is 0.725. The van der Waals surface area contributed by atoms with Crippen LogP contribution in [0.5, 0.6) is 0 Å². The molecule has 2 heterocycles. The van der Waals surface area contributed by atoms with Crippen LogP contribution in [0.25, 0.3) is 10.9 Å². The second kappa shape index (κ2) is 4.11. The molecule has 92 valence electrons. The number of aryl methyl sites for hydroxylation is 1. The zero-order valence-corrected chi connectivity index (χ0v) is 10.5. The van der Waals surface area contributed by atoms with Gasteiger partial charge in [0.15, 0.2) is 0 Å². The molecule has 0 unspecified atom stereocenters. The summed E-state index contributed by atoms with van der Waals surface area (Å²) in [7, 11) is 1.91. The maximum absolute atomic E-state index is 12.2. The molecule has 0 amide bonds. The van der Waals surface area contributed by atoms with Gasteiger partial charge in [0.1, 0.15) is 0 Å². The Bertz CT molecular complexity index is 610. The molecule has 1 aliphatic rings. The second-order valence-corrected chi connectivity index (χ2v) is 4.67. The minimum atomic E-state index is 0. The number of hydrogen-bond acceptors (Lipinski definition) is 2. The number of fused-ring (bicyclic) bond motifs is 1. The molecule has 1 fully saturated rings. The van der Waals surface area contributed by atoms with Crippen LogP contribution >= 0.6 is 12.4 Å². The van der Waals surface area contributed by atoms with Crippen molar-refractivity contribution in [3.63, 3.8) is 0 Å². The van der Waals surface area contributed by atoms with Crippen molar-refractivity contribution in [2.75, 3.05) is 5.73 Å². The molecule has 1 aliphatic carbocycles. The van der Waals surface area contributed by atoms with Crippen LogP contribution in [-0.4, -0.2) is 9.13 Å². The summed E-state index contributed by atoms with van der Waals surface area (Å²) in [5.74, 6) is 0.679. The largest absolute Gasteiger partial charge is 0.396 e. The summed E-state index contributed by atoms with van der Waals surface area (Å²) < 4.78 is 3.66. The second-order valence-electron chi connectivity index (χ2n) is 4.67. The standard InChI is InChI=1S/C12H15N3O.ClH/c1-14-5-4-9-11(14)10(13)7-15(12(9)16)6-8-2-3-8;/h4-5,7-8H,2-3,6,13H2,1H3;1H. The molecule has 5 heteroatoms. The van der Waals surface area contributed by atoms with Crippen molar-refractivity contribution in [1.82, 2.24) is 9.13 Å². The van der Waals surface area contributed by atoms with Crippen molar-refractivity contribution >= 4 is 29.0 Å². The van der Waals surface area contributed by atoms with E-state index in [4.69, 9.17) is 5.73 Å². The van der Waals surface area contributed by atoms with Gasteiger partial charge in [0.05, 0.1) is 16.6 Å². The van der Waals surface area contributed by atoms with Gasteiger partial charge in [0, 0.05) is 26.0 Å². The lowest BCUT2D eigenvalue weighted by Crippen LogP contribution is -2.21. The third-order valence-corrected chi connectivity index (χ3v) is 3.28. The van der Waals surface area contributed by atoms with Gasteiger partial charge in [-0.25, -0.2) is 0 Å². The van der Waals surface area contributed by atoms with Crippen molar-refractivity contribution < 1.29 is 0 Å². The van der Waals surface area contributed by atoms with E-state index in [-0.39, 0.29) is 18.0 Å². The van der Waals surface area contributed by atoms with Crippen molar-refractivity contribution in [3.8, 4) is 0 Å². The molecule has 0 aromatic carbocycles. The average molecular weight is 254 g/mol. The number of hydrogen-bond donors (Lipinski definition) is 1. The van der Waals surface area contributed by atoms with Crippen molar-refractivity contribution in [2.45, 2.75) is 19.4 Å². The van der Waals surface area contributed by atoms with E-state index < -0.39 is 0 Å². The predicted octanol–water partition coefficient (Wildman–Crippen LogP) is 1.75. The third kappa shape index (κ3) is 1.93. The average Bonchev–Trinajstić information content (AvgIpc) is 2.96. The number of nitrogen functional groups attached to an aromatic ring is 1. The maximum atomic E-state index is 12.2. The third-order valence-electron chi connectivity index (χ3n) is 3.28. The molecule has 0 bridgehead atoms. The lowest BCUT2D eigenvalue weighted by molar-refractivity contribution is 0.611. The van der Waals surface area contributed by atoms with Gasteiger partial charge >= 0.3 is 0 Å². The Morgan fingerprint density at radius 1 is 1.47 bits per heavy atom. The fraction of sp³-hybridized carbons (Fsp3) is 0.417. The fourth-order valence-corrected chi connectivity index (χ4v) is 2.22. The van der Waals surface area contributed by atoms with Crippen LogP contribution in [0, 0.1) is 5.92 Å². The summed E-state index contributed by atoms with van der Waals surface area (Å²) in [6.45, 7) is 0.813. The molecule has 2 N–H and O–H groups in total. The van der Waals surface area contributed by atoms with E-state index in [1.165, 1.54) is 12.8 Å². The van der Waals surface area contributed by atoms with E-state index in [0.717, 1.165) is 17.4 Å². The molecule has 0 radical (unpaired) electrons. The minimum Gasteiger partial charge on any atom is -0.396 e. The van der Waals surface area contributed by atoms with Gasteiger partial charge < -0.3 is 14.9 Å². The van der Waals surface area contributed by atoms with E-state index in [9.17, 15) is 4.79 Å². The summed E-state index contributed by atoms with van der Waals surface area (Å²) in [4.78, 5) is 12.2. The van der Waals surface area contributed by atoms with Crippen LogP contribution in [0.4, 0.5) is 5.69 Å². The first-order valence-corrected chi connectivity index (χ1v) is 5.61. The van der Waals surface area contributed by atoms with Gasteiger partial charge in [-0.3, -0.25) is 4.79 Å². The Morgan fingerprint density at radius 3 is 2.82 bits per heavy atom. The van der Waals surface area contributed by atoms with Crippen LogP contribution in [0.15, 0.2) is 23.3 Å². The number of nitrogens with two attached hydrogens (primary N) is 1. The molecule has 2 aromatic rings. The Labute approximate surface area is 105 Å². The number of anilines is 1. The lowest BCUT2D eigenvalue weighted by atomic mass is 10.2. The quantitative estimate of drug-likeness (QED) is 0.887. The highest BCUT2D eigenvalue weighted by Gasteiger charge is 2.22. The normalized spacial score (nSPS) is 14.9. The number of halogens is 1. The molecule has 17 heavy (non-hydrogen) atoms. The SMILES string of the molecule is Cl.Cn1ccc2c(=O)n(CC3CC3)cc(N)c21. The first kappa shape index (κ1) is 12.0. The molecule has 0 aliphatic heterocycles. The summed E-state index contributed by atoms with van der Waals surface area (Å²) in [5.41, 5.74) is 7.59. The van der Waals surface area contributed by atoms with E-state index in [1.807, 2.05) is 23.9 Å². The molecule has 0 spiro atoms. The van der Waals surface area contributed by atoms with Crippen LogP contribution in [0.3, 0.4) is 0 Å². The van der Waals surface area contributed by atoms with Gasteiger partial charge in [-0.05, 0) is 24.8 Å². The number of pyridine rings is 1. The molecule has 1 saturated carbocycles. The number of nitrogens with zero attached hydrogens (tertiary/aromatic N) is 2. The molecular formula is C12H16ClN3O. The minimum absolute atomic E-state index is 0. The zero-order chi connectivity index (χ0) is 11.3. The monoisotopic (exact) mass is 253 g/mol. The predicted molar refractivity (Wildman–Crippen MR) is 71.6 cm³/mol. The van der Waals surface area contributed by atoms with Crippen LogP contribution < -0.4 is 11.3 Å². The first-order chi connectivity index (χ1) is 7.66. The topological polar surface area (TPSA) is 53.0 Å². The Morgan fingerprint density at radius 2 is 2.18 bits per heavy atom. The molecule has 0 atom stereocenters. The zero-order valence-electron chi connectivity index (χ0n) is 9.72. The van der Waals surface area contributed by atoms with Crippen LogP contribution in [-0.2, 0) is 13.6 Å². The van der Waals surface area contributed by atoms with Gasteiger partial charge in [-0.1, -0.05) is 0 Å². The van der Waals surface area contributed by atoms with Gasteiger partial charge in [-0.2, -0.15) is 0 Å². The van der Waals surface area contributed by atoms with Crippen molar-refractivity contribution in [3.05, 3.63) is 28.8 Å². The van der Waals surface area contributed by atoms with E-state index in [0.29, 0.717) is 11.6 Å². The highest BCUT2D eigenvalue weighted by atomic mass is 35.5. The van der Waals surface area contributed by atoms with Gasteiger partial charge in [0.25, 0.3) is 5.56 Å². The number of aromatic nitrogens is 2. The van der Waals surface area contributed by atoms with Crippen molar-refractivity contribution in [2.24, 2.45) is 13.0 Å².